The van der Waals surface area contributed by atoms with E-state index in [1.807, 2.05) is 35.8 Å². The van der Waals surface area contributed by atoms with Gasteiger partial charge in [0.25, 0.3) is 5.56 Å². The molecule has 162 valence electrons. The predicted octanol–water partition coefficient (Wildman–Crippen LogP) is 5.60. The maximum absolute atomic E-state index is 13.5. The summed E-state index contributed by atoms with van der Waals surface area (Å²) in [6, 6.07) is 16.3. The predicted molar refractivity (Wildman–Crippen MR) is 130 cm³/mol. The molecule has 0 saturated carbocycles. The molecule has 5 aromatic rings. The molecule has 5 rings (SSSR count). The molecular weight excluding hydrogens is 398 g/mol. The summed E-state index contributed by atoms with van der Waals surface area (Å²) < 4.78 is 3.67. The minimum absolute atomic E-state index is 0.0593. The van der Waals surface area contributed by atoms with Crippen molar-refractivity contribution in [1.29, 1.82) is 0 Å². The van der Waals surface area contributed by atoms with Crippen molar-refractivity contribution in [3.63, 3.8) is 0 Å². The van der Waals surface area contributed by atoms with Gasteiger partial charge < -0.3 is 0 Å². The molecule has 3 aromatic heterocycles. The SMILES string of the molecule is CCCCc1ccc(-n2c3nc4ccccc4nc3c3c(=O)n([C@H](C)CC)cnc32)cc1. The Hall–Kier alpha value is -3.54. The first kappa shape index (κ1) is 20.4. The summed E-state index contributed by atoms with van der Waals surface area (Å²) in [6.45, 7) is 6.30. The Kier molecular flexibility index (Phi) is 5.21. The van der Waals surface area contributed by atoms with Crippen LogP contribution in [-0.4, -0.2) is 24.1 Å². The summed E-state index contributed by atoms with van der Waals surface area (Å²) in [4.78, 5) is 28.0. The van der Waals surface area contributed by atoms with Gasteiger partial charge in [-0.2, -0.15) is 0 Å². The van der Waals surface area contributed by atoms with Gasteiger partial charge in [-0.1, -0.05) is 44.5 Å². The van der Waals surface area contributed by atoms with Gasteiger partial charge in [-0.15, -0.1) is 0 Å². The molecule has 1 atom stereocenters. The van der Waals surface area contributed by atoms with Crippen molar-refractivity contribution in [3.05, 3.63) is 70.8 Å². The van der Waals surface area contributed by atoms with Gasteiger partial charge in [0.2, 0.25) is 0 Å². The fraction of sp³-hybridized carbons (Fsp3) is 0.308. The van der Waals surface area contributed by atoms with Crippen molar-refractivity contribution < 1.29 is 0 Å². The third kappa shape index (κ3) is 3.27. The van der Waals surface area contributed by atoms with Crippen LogP contribution in [0.4, 0.5) is 0 Å². The first-order valence-electron chi connectivity index (χ1n) is 11.4. The second-order valence-electron chi connectivity index (χ2n) is 8.40. The largest absolute Gasteiger partial charge is 0.296 e. The zero-order valence-corrected chi connectivity index (χ0v) is 18.7. The highest BCUT2D eigenvalue weighted by molar-refractivity contribution is 6.05. The Balaban J connectivity index is 1.83. The molecule has 2 aromatic carbocycles. The quantitative estimate of drug-likeness (QED) is 0.355. The van der Waals surface area contributed by atoms with Crippen LogP contribution in [-0.2, 0) is 6.42 Å². The van der Waals surface area contributed by atoms with Gasteiger partial charge in [0.15, 0.2) is 11.3 Å². The lowest BCUT2D eigenvalue weighted by Gasteiger charge is -2.12. The normalized spacial score (nSPS) is 12.7. The summed E-state index contributed by atoms with van der Waals surface area (Å²) in [5, 5.41) is 0.524. The van der Waals surface area contributed by atoms with Gasteiger partial charge in [-0.25, -0.2) is 15.0 Å². The van der Waals surface area contributed by atoms with E-state index in [9.17, 15) is 4.79 Å². The number of rotatable bonds is 6. The number of aryl methyl sites for hydroxylation is 1. The summed E-state index contributed by atoms with van der Waals surface area (Å²) in [6.07, 6.45) is 5.90. The molecule has 0 fully saturated rings. The molecule has 6 heteroatoms. The number of fused-ring (bicyclic) bond motifs is 4. The van der Waals surface area contributed by atoms with Crippen LogP contribution in [0.15, 0.2) is 59.7 Å². The van der Waals surface area contributed by atoms with E-state index in [2.05, 4.69) is 38.1 Å². The molecule has 0 bridgehead atoms. The van der Waals surface area contributed by atoms with Gasteiger partial charge >= 0.3 is 0 Å². The average molecular weight is 426 g/mol. The maximum Gasteiger partial charge on any atom is 0.265 e. The van der Waals surface area contributed by atoms with E-state index in [0.717, 1.165) is 29.6 Å². The zero-order valence-electron chi connectivity index (χ0n) is 18.7. The van der Waals surface area contributed by atoms with E-state index in [1.165, 1.54) is 18.4 Å². The first-order chi connectivity index (χ1) is 15.6. The van der Waals surface area contributed by atoms with E-state index in [4.69, 9.17) is 15.0 Å². The minimum atomic E-state index is -0.0720. The molecule has 0 saturated heterocycles. The Morgan fingerprint density at radius 2 is 1.66 bits per heavy atom. The minimum Gasteiger partial charge on any atom is -0.296 e. The van der Waals surface area contributed by atoms with Crippen LogP contribution >= 0.6 is 0 Å². The number of hydrogen-bond acceptors (Lipinski definition) is 4. The highest BCUT2D eigenvalue weighted by atomic mass is 16.1. The van der Waals surface area contributed by atoms with Crippen molar-refractivity contribution in [2.45, 2.75) is 52.5 Å². The van der Waals surface area contributed by atoms with Crippen LogP contribution in [0.2, 0.25) is 0 Å². The lowest BCUT2D eigenvalue weighted by molar-refractivity contribution is 0.510. The molecule has 0 amide bonds. The maximum atomic E-state index is 13.5. The van der Waals surface area contributed by atoms with Gasteiger partial charge in [0, 0.05) is 11.7 Å². The fourth-order valence-corrected chi connectivity index (χ4v) is 4.20. The van der Waals surface area contributed by atoms with Crippen LogP contribution in [0.1, 0.15) is 51.6 Å². The Morgan fingerprint density at radius 1 is 0.938 bits per heavy atom. The number of unbranched alkanes of at least 4 members (excludes halogenated alkanes) is 1. The Morgan fingerprint density at radius 3 is 2.34 bits per heavy atom. The standard InChI is InChI=1S/C26H27N5O/c1-4-6-9-18-12-14-19(15-13-18)31-24-22(26(32)30(16-27-24)17(3)5-2)23-25(31)29-21-11-8-7-10-20(21)28-23/h7-8,10-17H,4-6,9H2,1-3H3/t17-/m1/s1. The monoisotopic (exact) mass is 425 g/mol. The van der Waals surface area contributed by atoms with Crippen LogP contribution in [0, 0.1) is 0 Å². The third-order valence-electron chi connectivity index (χ3n) is 6.27. The van der Waals surface area contributed by atoms with E-state index >= 15 is 0 Å². The number of benzene rings is 2. The molecule has 0 aliphatic rings. The molecule has 0 radical (unpaired) electrons. The highest BCUT2D eigenvalue weighted by Gasteiger charge is 2.21. The highest BCUT2D eigenvalue weighted by Crippen LogP contribution is 2.29. The Bertz CT molecular complexity index is 1480. The van der Waals surface area contributed by atoms with Gasteiger partial charge in [-0.3, -0.25) is 13.9 Å². The number of para-hydroxylation sites is 2. The fourth-order valence-electron chi connectivity index (χ4n) is 4.20. The molecule has 0 aliphatic heterocycles. The average Bonchev–Trinajstić information content (AvgIpc) is 3.15. The van der Waals surface area contributed by atoms with Crippen molar-refractivity contribution in [3.8, 4) is 5.69 Å². The van der Waals surface area contributed by atoms with Crippen molar-refractivity contribution in [2.24, 2.45) is 0 Å². The second kappa shape index (κ2) is 8.19. The van der Waals surface area contributed by atoms with Crippen molar-refractivity contribution in [1.82, 2.24) is 24.1 Å². The van der Waals surface area contributed by atoms with E-state index < -0.39 is 0 Å². The summed E-state index contributed by atoms with van der Waals surface area (Å²) in [7, 11) is 0. The molecule has 0 aliphatic carbocycles. The van der Waals surface area contributed by atoms with E-state index in [0.29, 0.717) is 22.2 Å². The molecule has 0 N–H and O–H groups in total. The van der Waals surface area contributed by atoms with Gasteiger partial charge in [0.1, 0.15) is 17.2 Å². The number of hydrogen-bond donors (Lipinski definition) is 0. The summed E-state index contributed by atoms with van der Waals surface area (Å²) in [5.41, 5.74) is 5.59. The number of aromatic nitrogens is 5. The number of nitrogens with zero attached hydrogens (tertiary/aromatic N) is 5. The van der Waals surface area contributed by atoms with Crippen molar-refractivity contribution in [2.75, 3.05) is 0 Å². The molecule has 32 heavy (non-hydrogen) atoms. The zero-order chi connectivity index (χ0) is 22.2. The van der Waals surface area contributed by atoms with Gasteiger partial charge in [-0.05, 0) is 56.0 Å². The van der Waals surface area contributed by atoms with Crippen molar-refractivity contribution >= 4 is 33.2 Å². The topological polar surface area (TPSA) is 65.6 Å². The third-order valence-corrected chi connectivity index (χ3v) is 6.27. The lowest BCUT2D eigenvalue weighted by atomic mass is 10.1. The second-order valence-corrected chi connectivity index (χ2v) is 8.40. The van der Waals surface area contributed by atoms with Crippen LogP contribution < -0.4 is 5.56 Å². The lowest BCUT2D eigenvalue weighted by Crippen LogP contribution is -2.23. The first-order valence-corrected chi connectivity index (χ1v) is 11.4. The summed E-state index contributed by atoms with van der Waals surface area (Å²) in [5.74, 6) is 0. The molecule has 3 heterocycles. The van der Waals surface area contributed by atoms with Crippen LogP contribution in [0.25, 0.3) is 38.9 Å². The Labute approximate surface area is 186 Å². The molecular formula is C26H27N5O. The van der Waals surface area contributed by atoms with Crippen LogP contribution in [0.3, 0.4) is 0 Å². The van der Waals surface area contributed by atoms with E-state index in [-0.39, 0.29) is 11.6 Å². The smallest absolute Gasteiger partial charge is 0.265 e. The van der Waals surface area contributed by atoms with E-state index in [1.54, 1.807) is 10.9 Å². The molecule has 6 nitrogen and oxygen atoms in total. The molecule has 0 unspecified atom stereocenters. The molecule has 0 spiro atoms. The summed E-state index contributed by atoms with van der Waals surface area (Å²) >= 11 is 0. The van der Waals surface area contributed by atoms with Gasteiger partial charge in [0.05, 0.1) is 11.0 Å². The van der Waals surface area contributed by atoms with Crippen LogP contribution in [0.5, 0.6) is 0 Å².